The fraction of sp³-hybridized carbons (Fsp3) is 0.818. The Kier molecular flexibility index (Phi) is 5.27. The molecular weight excluding hydrogens is 174 g/mol. The number of aromatic amines is 1. The van der Waals surface area contributed by atoms with Crippen molar-refractivity contribution in [1.29, 1.82) is 0 Å². The molecule has 1 rings (SSSR count). The molecule has 1 N–H and O–H groups in total. The predicted molar refractivity (Wildman–Crippen MR) is 58.0 cm³/mol. The molecule has 0 spiro atoms. The van der Waals surface area contributed by atoms with Crippen molar-refractivity contribution in [2.45, 2.75) is 52.4 Å². The maximum atomic E-state index is 4.10. The molecule has 1 unspecified atom stereocenters. The molecule has 0 saturated heterocycles. The van der Waals surface area contributed by atoms with E-state index >= 15 is 0 Å². The summed E-state index contributed by atoms with van der Waals surface area (Å²) < 4.78 is 0. The van der Waals surface area contributed by atoms with Crippen LogP contribution >= 0.6 is 0 Å². The summed E-state index contributed by atoms with van der Waals surface area (Å²) in [5.41, 5.74) is 0. The summed E-state index contributed by atoms with van der Waals surface area (Å²) in [5, 5.41) is 6.71. The van der Waals surface area contributed by atoms with Gasteiger partial charge in [0.2, 0.25) is 0 Å². The van der Waals surface area contributed by atoms with Gasteiger partial charge in [0.15, 0.2) is 0 Å². The molecular formula is C11H21N3. The SMILES string of the molecule is CCC(C)CCCCCc1ncn[nH]1. The fourth-order valence-electron chi connectivity index (χ4n) is 1.52. The molecule has 3 nitrogen and oxygen atoms in total. The zero-order valence-corrected chi connectivity index (χ0v) is 9.29. The first kappa shape index (κ1) is 11.2. The summed E-state index contributed by atoms with van der Waals surface area (Å²) in [6.45, 7) is 4.59. The maximum absolute atomic E-state index is 4.10. The highest BCUT2D eigenvalue weighted by molar-refractivity contribution is 4.79. The van der Waals surface area contributed by atoms with E-state index in [4.69, 9.17) is 0 Å². The first-order valence-electron chi connectivity index (χ1n) is 5.67. The van der Waals surface area contributed by atoms with Gasteiger partial charge in [-0.3, -0.25) is 5.10 Å². The highest BCUT2D eigenvalue weighted by Gasteiger charge is 1.99. The number of hydrogen-bond acceptors (Lipinski definition) is 2. The quantitative estimate of drug-likeness (QED) is 0.680. The number of H-pyrrole nitrogens is 1. The van der Waals surface area contributed by atoms with Crippen LogP contribution in [0.2, 0.25) is 0 Å². The molecule has 0 aromatic carbocycles. The van der Waals surface area contributed by atoms with Gasteiger partial charge in [0.05, 0.1) is 0 Å². The average Bonchev–Trinajstić information content (AvgIpc) is 2.69. The summed E-state index contributed by atoms with van der Waals surface area (Å²) in [5.74, 6) is 1.91. The highest BCUT2D eigenvalue weighted by Crippen LogP contribution is 2.12. The minimum absolute atomic E-state index is 0.889. The van der Waals surface area contributed by atoms with Crippen LogP contribution in [0.1, 0.15) is 51.8 Å². The molecule has 0 fully saturated rings. The van der Waals surface area contributed by atoms with E-state index in [2.05, 4.69) is 29.0 Å². The van der Waals surface area contributed by atoms with Crippen LogP contribution in [-0.2, 0) is 6.42 Å². The number of unbranched alkanes of at least 4 members (excludes halogenated alkanes) is 2. The van der Waals surface area contributed by atoms with Crippen molar-refractivity contribution in [1.82, 2.24) is 15.2 Å². The van der Waals surface area contributed by atoms with Gasteiger partial charge in [-0.1, -0.05) is 39.5 Å². The van der Waals surface area contributed by atoms with E-state index in [1.165, 1.54) is 32.1 Å². The van der Waals surface area contributed by atoms with E-state index in [1.807, 2.05) is 0 Å². The third kappa shape index (κ3) is 4.40. The molecule has 0 aliphatic rings. The fourth-order valence-corrected chi connectivity index (χ4v) is 1.52. The van der Waals surface area contributed by atoms with Gasteiger partial charge in [-0.2, -0.15) is 5.10 Å². The number of rotatable bonds is 7. The second-order valence-corrected chi connectivity index (χ2v) is 4.04. The Bertz CT molecular complexity index is 218. The van der Waals surface area contributed by atoms with E-state index in [-0.39, 0.29) is 0 Å². The number of hydrogen-bond donors (Lipinski definition) is 1. The Morgan fingerprint density at radius 1 is 1.36 bits per heavy atom. The van der Waals surface area contributed by atoms with Crippen LogP contribution in [0, 0.1) is 5.92 Å². The molecule has 0 aliphatic heterocycles. The van der Waals surface area contributed by atoms with Gasteiger partial charge >= 0.3 is 0 Å². The predicted octanol–water partition coefficient (Wildman–Crippen LogP) is 2.95. The first-order chi connectivity index (χ1) is 6.83. The monoisotopic (exact) mass is 195 g/mol. The highest BCUT2D eigenvalue weighted by atomic mass is 15.2. The van der Waals surface area contributed by atoms with Gasteiger partial charge in [0, 0.05) is 6.42 Å². The Morgan fingerprint density at radius 2 is 2.21 bits per heavy atom. The number of aryl methyl sites for hydroxylation is 1. The molecule has 1 aromatic heterocycles. The zero-order valence-electron chi connectivity index (χ0n) is 9.29. The normalized spacial score (nSPS) is 13.0. The van der Waals surface area contributed by atoms with Crippen molar-refractivity contribution in [3.8, 4) is 0 Å². The minimum Gasteiger partial charge on any atom is -0.263 e. The topological polar surface area (TPSA) is 41.6 Å². The van der Waals surface area contributed by atoms with E-state index in [0.29, 0.717) is 0 Å². The second kappa shape index (κ2) is 6.57. The number of nitrogens with zero attached hydrogens (tertiary/aromatic N) is 2. The molecule has 0 bridgehead atoms. The lowest BCUT2D eigenvalue weighted by atomic mass is 10.0. The van der Waals surface area contributed by atoms with Crippen molar-refractivity contribution in [2.24, 2.45) is 5.92 Å². The first-order valence-corrected chi connectivity index (χ1v) is 5.67. The van der Waals surface area contributed by atoms with Crippen LogP contribution in [0.25, 0.3) is 0 Å². The van der Waals surface area contributed by atoms with Gasteiger partial charge in [-0.15, -0.1) is 0 Å². The van der Waals surface area contributed by atoms with Gasteiger partial charge in [-0.25, -0.2) is 4.98 Å². The minimum atomic E-state index is 0.889. The van der Waals surface area contributed by atoms with Crippen LogP contribution in [0.3, 0.4) is 0 Å². The summed E-state index contributed by atoms with van der Waals surface area (Å²) in [6, 6.07) is 0. The average molecular weight is 195 g/mol. The van der Waals surface area contributed by atoms with Gasteiger partial charge < -0.3 is 0 Å². The summed E-state index contributed by atoms with van der Waals surface area (Å²) in [7, 11) is 0. The molecule has 0 aliphatic carbocycles. The largest absolute Gasteiger partial charge is 0.263 e. The van der Waals surface area contributed by atoms with Crippen LogP contribution in [0.4, 0.5) is 0 Å². The molecule has 0 amide bonds. The molecule has 1 heterocycles. The number of nitrogens with one attached hydrogen (secondary N) is 1. The van der Waals surface area contributed by atoms with E-state index in [9.17, 15) is 0 Å². The zero-order chi connectivity index (χ0) is 10.2. The molecule has 1 aromatic rings. The van der Waals surface area contributed by atoms with Crippen molar-refractivity contribution in [3.05, 3.63) is 12.2 Å². The van der Waals surface area contributed by atoms with E-state index in [1.54, 1.807) is 6.33 Å². The van der Waals surface area contributed by atoms with Crippen molar-refractivity contribution in [2.75, 3.05) is 0 Å². The van der Waals surface area contributed by atoms with Crippen molar-refractivity contribution < 1.29 is 0 Å². The molecule has 80 valence electrons. The smallest absolute Gasteiger partial charge is 0.137 e. The van der Waals surface area contributed by atoms with Gasteiger partial charge in [0.1, 0.15) is 12.2 Å². The van der Waals surface area contributed by atoms with Gasteiger partial charge in [0.25, 0.3) is 0 Å². The molecule has 3 heteroatoms. The summed E-state index contributed by atoms with van der Waals surface area (Å²) in [4.78, 5) is 4.10. The third-order valence-corrected chi connectivity index (χ3v) is 2.77. The van der Waals surface area contributed by atoms with E-state index in [0.717, 1.165) is 18.2 Å². The molecule has 0 saturated carbocycles. The summed E-state index contributed by atoms with van der Waals surface area (Å²) in [6.07, 6.45) is 9.18. The van der Waals surface area contributed by atoms with Crippen molar-refractivity contribution >= 4 is 0 Å². The Hall–Kier alpha value is -0.860. The molecule has 0 radical (unpaired) electrons. The second-order valence-electron chi connectivity index (χ2n) is 4.04. The summed E-state index contributed by atoms with van der Waals surface area (Å²) >= 11 is 0. The Morgan fingerprint density at radius 3 is 2.86 bits per heavy atom. The molecule has 14 heavy (non-hydrogen) atoms. The van der Waals surface area contributed by atoms with Crippen LogP contribution < -0.4 is 0 Å². The lowest BCUT2D eigenvalue weighted by Gasteiger charge is -2.06. The van der Waals surface area contributed by atoms with Gasteiger partial charge in [-0.05, 0) is 12.3 Å². The van der Waals surface area contributed by atoms with Crippen LogP contribution in [0.5, 0.6) is 0 Å². The number of aromatic nitrogens is 3. The standard InChI is InChI=1S/C11H21N3/c1-3-10(2)7-5-4-6-8-11-12-9-13-14-11/h9-10H,3-8H2,1-2H3,(H,12,13,14). The molecule has 1 atom stereocenters. The Balaban J connectivity index is 1.95. The van der Waals surface area contributed by atoms with Crippen molar-refractivity contribution in [3.63, 3.8) is 0 Å². The maximum Gasteiger partial charge on any atom is 0.137 e. The van der Waals surface area contributed by atoms with Crippen LogP contribution in [-0.4, -0.2) is 15.2 Å². The lowest BCUT2D eigenvalue weighted by molar-refractivity contribution is 0.477. The Labute approximate surface area is 86.3 Å². The van der Waals surface area contributed by atoms with Crippen LogP contribution in [0.15, 0.2) is 6.33 Å². The van der Waals surface area contributed by atoms with E-state index < -0.39 is 0 Å². The lowest BCUT2D eigenvalue weighted by Crippen LogP contribution is -1.93. The third-order valence-electron chi connectivity index (χ3n) is 2.77.